The molecule has 1 aromatic rings. The van der Waals surface area contributed by atoms with Gasteiger partial charge in [-0.05, 0) is 25.8 Å². The lowest BCUT2D eigenvalue weighted by Crippen LogP contribution is -2.32. The number of nitrogens with one attached hydrogen (secondary N) is 1. The number of hydrogen-bond acceptors (Lipinski definition) is 6. The van der Waals surface area contributed by atoms with E-state index in [0.717, 1.165) is 4.91 Å². The van der Waals surface area contributed by atoms with Crippen LogP contribution in [-0.2, 0) is 0 Å². The van der Waals surface area contributed by atoms with E-state index in [-0.39, 0.29) is 5.96 Å². The molecule has 0 atom stereocenters. The minimum atomic E-state index is -0.0280. The lowest BCUT2D eigenvalue weighted by molar-refractivity contribution is 0.657. The van der Waals surface area contributed by atoms with Crippen LogP contribution < -0.4 is 17.0 Å². The molecule has 10 heavy (non-hydrogen) atoms. The van der Waals surface area contributed by atoms with E-state index in [1.165, 1.54) is 0 Å². The minimum absolute atomic E-state index is 0.0280. The van der Waals surface area contributed by atoms with Crippen molar-refractivity contribution in [2.45, 2.75) is 0 Å². The molecule has 0 amide bonds. The summed E-state index contributed by atoms with van der Waals surface area (Å²) >= 11 is 0. The van der Waals surface area contributed by atoms with E-state index in [4.69, 9.17) is 11.6 Å². The average molecular weight is 143 g/mol. The standard InChI is InChI=1S/CH5N9/c2-1(4-3)5-10-8-6-7-9-10/h3H2,(H3,2,4,5). The quantitative estimate of drug-likeness (QED) is 0.163. The maximum Gasteiger partial charge on any atom is 0.232 e. The van der Waals surface area contributed by atoms with Crippen molar-refractivity contribution < 1.29 is 0 Å². The number of rotatable bonds is 1. The van der Waals surface area contributed by atoms with E-state index in [1.54, 1.807) is 0 Å². The third kappa shape index (κ3) is 1.27. The second-order valence-electron chi connectivity index (χ2n) is 1.27. The Morgan fingerprint density at radius 3 is 2.50 bits per heavy atom. The molecule has 0 unspecified atom stereocenters. The molecule has 54 valence electrons. The van der Waals surface area contributed by atoms with Crippen LogP contribution in [0.1, 0.15) is 0 Å². The summed E-state index contributed by atoms with van der Waals surface area (Å²) in [5, 5.41) is 16.0. The van der Waals surface area contributed by atoms with Crippen LogP contribution in [0.3, 0.4) is 0 Å². The van der Waals surface area contributed by atoms with Crippen LogP contribution in [0.25, 0.3) is 0 Å². The maximum atomic E-state index is 5.12. The van der Waals surface area contributed by atoms with E-state index in [1.807, 2.05) is 0 Å². The SMILES string of the molecule is NN=C(N)Nn1nnnn1. The fourth-order valence-corrected chi connectivity index (χ4v) is 0.305. The Bertz CT molecular complexity index is 207. The van der Waals surface area contributed by atoms with Gasteiger partial charge in [0, 0.05) is 0 Å². The van der Waals surface area contributed by atoms with Gasteiger partial charge in [-0.3, -0.25) is 0 Å². The molecule has 0 spiro atoms. The molecule has 0 aliphatic heterocycles. The summed E-state index contributed by atoms with van der Waals surface area (Å²) in [7, 11) is 0. The molecule has 0 fully saturated rings. The van der Waals surface area contributed by atoms with Crippen molar-refractivity contribution in [3.05, 3.63) is 0 Å². The van der Waals surface area contributed by atoms with E-state index in [2.05, 4.69) is 31.4 Å². The number of aromatic nitrogens is 5. The van der Waals surface area contributed by atoms with Gasteiger partial charge in [0.2, 0.25) is 5.96 Å². The number of hydrazone groups is 1. The largest absolute Gasteiger partial charge is 0.367 e. The van der Waals surface area contributed by atoms with Crippen molar-refractivity contribution in [1.82, 2.24) is 25.8 Å². The molecule has 0 bridgehead atoms. The summed E-state index contributed by atoms with van der Waals surface area (Å²) in [6, 6.07) is 0. The van der Waals surface area contributed by atoms with Gasteiger partial charge >= 0.3 is 0 Å². The first kappa shape index (κ1) is 6.19. The van der Waals surface area contributed by atoms with Crippen molar-refractivity contribution in [2.75, 3.05) is 5.43 Å². The van der Waals surface area contributed by atoms with Gasteiger partial charge < -0.3 is 11.6 Å². The first-order chi connectivity index (χ1) is 4.83. The Labute approximate surface area is 55.0 Å². The molecule has 1 rings (SSSR count). The van der Waals surface area contributed by atoms with Crippen LogP contribution in [0.2, 0.25) is 0 Å². The lowest BCUT2D eigenvalue weighted by Gasteiger charge is -1.96. The Hall–Kier alpha value is -1.93. The van der Waals surface area contributed by atoms with Crippen LogP contribution in [0.4, 0.5) is 0 Å². The molecule has 9 heteroatoms. The molecule has 9 nitrogen and oxygen atoms in total. The summed E-state index contributed by atoms with van der Waals surface area (Å²) in [6.07, 6.45) is 0. The average Bonchev–Trinajstić information content (AvgIpc) is 2.40. The molecule has 0 saturated heterocycles. The summed E-state index contributed by atoms with van der Waals surface area (Å²) in [4.78, 5) is 0.922. The van der Waals surface area contributed by atoms with Gasteiger partial charge in [0.1, 0.15) is 0 Å². The smallest absolute Gasteiger partial charge is 0.232 e. The summed E-state index contributed by atoms with van der Waals surface area (Å²) in [6.45, 7) is 0. The molecule has 0 aliphatic carbocycles. The van der Waals surface area contributed by atoms with Crippen LogP contribution in [0.15, 0.2) is 5.10 Å². The highest BCUT2D eigenvalue weighted by Crippen LogP contribution is 1.60. The Kier molecular flexibility index (Phi) is 1.59. The lowest BCUT2D eigenvalue weighted by atomic mass is 11.1. The molecule has 0 saturated carbocycles. The Balaban J connectivity index is 2.56. The Morgan fingerprint density at radius 2 is 2.00 bits per heavy atom. The summed E-state index contributed by atoms with van der Waals surface area (Å²) in [5.41, 5.74) is 7.47. The third-order valence-corrected chi connectivity index (χ3v) is 0.643. The number of nitrogens with zero attached hydrogens (tertiary/aromatic N) is 6. The van der Waals surface area contributed by atoms with Crippen LogP contribution in [0, 0.1) is 0 Å². The molecular formula is CH5N9. The van der Waals surface area contributed by atoms with Gasteiger partial charge in [0.15, 0.2) is 0 Å². The van der Waals surface area contributed by atoms with Crippen molar-refractivity contribution >= 4 is 5.96 Å². The van der Waals surface area contributed by atoms with Gasteiger partial charge in [-0.25, -0.2) is 5.43 Å². The topological polar surface area (TPSA) is 133 Å². The van der Waals surface area contributed by atoms with Gasteiger partial charge in [-0.2, -0.15) is 0 Å². The van der Waals surface area contributed by atoms with Crippen LogP contribution >= 0.6 is 0 Å². The van der Waals surface area contributed by atoms with Crippen molar-refractivity contribution in [2.24, 2.45) is 16.7 Å². The number of hydrogen-bond donors (Lipinski definition) is 3. The van der Waals surface area contributed by atoms with E-state index in [0.29, 0.717) is 0 Å². The second-order valence-corrected chi connectivity index (χ2v) is 1.27. The molecule has 1 aromatic heterocycles. The Morgan fingerprint density at radius 1 is 1.40 bits per heavy atom. The van der Waals surface area contributed by atoms with Crippen LogP contribution in [0.5, 0.6) is 0 Å². The van der Waals surface area contributed by atoms with Crippen molar-refractivity contribution in [1.29, 1.82) is 0 Å². The van der Waals surface area contributed by atoms with E-state index < -0.39 is 0 Å². The highest BCUT2D eigenvalue weighted by molar-refractivity contribution is 5.84. The zero-order valence-electron chi connectivity index (χ0n) is 4.84. The second kappa shape index (κ2) is 2.57. The van der Waals surface area contributed by atoms with Crippen molar-refractivity contribution in [3.63, 3.8) is 0 Å². The molecule has 0 radical (unpaired) electrons. The fourth-order valence-electron chi connectivity index (χ4n) is 0.305. The minimum Gasteiger partial charge on any atom is -0.367 e. The summed E-state index contributed by atoms with van der Waals surface area (Å²) < 4.78 is 0. The van der Waals surface area contributed by atoms with Crippen molar-refractivity contribution in [3.8, 4) is 0 Å². The van der Waals surface area contributed by atoms with Gasteiger partial charge in [0.25, 0.3) is 0 Å². The third-order valence-electron chi connectivity index (χ3n) is 0.643. The fraction of sp³-hybridized carbons (Fsp3) is 0. The molecule has 1 heterocycles. The zero-order chi connectivity index (χ0) is 7.40. The normalized spacial score (nSPS) is 11.4. The highest BCUT2D eigenvalue weighted by Gasteiger charge is 1.92. The zero-order valence-corrected chi connectivity index (χ0v) is 4.84. The van der Waals surface area contributed by atoms with Gasteiger partial charge in [0.05, 0.1) is 0 Å². The van der Waals surface area contributed by atoms with E-state index in [9.17, 15) is 0 Å². The molecule has 5 N–H and O–H groups in total. The maximum absolute atomic E-state index is 5.12. The molecule has 0 aliphatic rings. The molecular weight excluding hydrogens is 138 g/mol. The van der Waals surface area contributed by atoms with Gasteiger partial charge in [-0.1, -0.05) is 0 Å². The highest BCUT2D eigenvalue weighted by atomic mass is 15.8. The molecule has 0 aromatic carbocycles. The first-order valence-electron chi connectivity index (χ1n) is 2.24. The van der Waals surface area contributed by atoms with Gasteiger partial charge in [-0.15, -0.1) is 5.10 Å². The summed E-state index contributed by atoms with van der Waals surface area (Å²) in [5.74, 6) is 4.75. The number of guanidine groups is 1. The monoisotopic (exact) mass is 143 g/mol. The first-order valence-corrected chi connectivity index (χ1v) is 2.24. The van der Waals surface area contributed by atoms with Crippen LogP contribution in [-0.4, -0.2) is 31.7 Å². The van der Waals surface area contributed by atoms with E-state index >= 15 is 0 Å². The number of nitrogens with two attached hydrogens (primary N) is 2. The predicted octanol–water partition coefficient (Wildman–Crippen LogP) is -3.20. The predicted molar refractivity (Wildman–Crippen MR) is 30.8 cm³/mol.